The lowest BCUT2D eigenvalue weighted by Crippen LogP contribution is -2.46. The lowest BCUT2D eigenvalue weighted by atomic mass is 10.2. The van der Waals surface area contributed by atoms with Crippen molar-refractivity contribution in [2.75, 3.05) is 18.8 Å². The number of amides is 1. The summed E-state index contributed by atoms with van der Waals surface area (Å²) in [5, 5.41) is 2.72. The number of hydrogen-bond donors (Lipinski definition) is 1. The third-order valence-corrected chi connectivity index (χ3v) is 4.97. The van der Waals surface area contributed by atoms with Crippen LogP contribution in [0.15, 0.2) is 12.2 Å². The highest BCUT2D eigenvalue weighted by atomic mass is 32.2. The van der Waals surface area contributed by atoms with E-state index in [-0.39, 0.29) is 11.7 Å². The molecule has 6 heteroatoms. The molecule has 5 nitrogen and oxygen atoms in total. The van der Waals surface area contributed by atoms with Crippen molar-refractivity contribution in [2.24, 2.45) is 0 Å². The highest BCUT2D eigenvalue weighted by molar-refractivity contribution is 7.89. The van der Waals surface area contributed by atoms with Gasteiger partial charge in [-0.25, -0.2) is 8.42 Å². The van der Waals surface area contributed by atoms with Crippen LogP contribution in [-0.4, -0.2) is 43.5 Å². The number of hydrogen-bond acceptors (Lipinski definition) is 3. The largest absolute Gasteiger partial charge is 0.351 e. The van der Waals surface area contributed by atoms with Crippen LogP contribution in [0.5, 0.6) is 0 Å². The molecule has 1 unspecified atom stereocenters. The van der Waals surface area contributed by atoms with E-state index in [9.17, 15) is 13.2 Å². The molecule has 104 valence electrons. The van der Waals surface area contributed by atoms with Gasteiger partial charge < -0.3 is 5.32 Å². The molecule has 1 amide bonds. The maximum absolute atomic E-state index is 12.0. The molecular formula is C12H22N2O3S. The average Bonchev–Trinajstić information content (AvgIpc) is 2.75. The fourth-order valence-corrected chi connectivity index (χ4v) is 3.81. The summed E-state index contributed by atoms with van der Waals surface area (Å²) in [5.41, 5.74) is 0.851. The van der Waals surface area contributed by atoms with Gasteiger partial charge in [-0.05, 0) is 26.2 Å². The number of sulfonamides is 1. The quantitative estimate of drug-likeness (QED) is 0.731. The lowest BCUT2D eigenvalue weighted by Gasteiger charge is -2.23. The summed E-state index contributed by atoms with van der Waals surface area (Å²) in [6.45, 7) is 8.20. The first kappa shape index (κ1) is 15.2. The fraction of sp³-hybridized carbons (Fsp3) is 0.750. The van der Waals surface area contributed by atoms with Gasteiger partial charge in [0.2, 0.25) is 15.9 Å². The smallest absolute Gasteiger partial charge is 0.238 e. The third kappa shape index (κ3) is 3.81. The summed E-state index contributed by atoms with van der Waals surface area (Å²) < 4.78 is 25.4. The second-order valence-electron chi connectivity index (χ2n) is 4.76. The Morgan fingerprint density at radius 2 is 2.17 bits per heavy atom. The SMILES string of the molecule is C=C(C)CNC(=O)C1CCCN1S(=O)(=O)CCC. The van der Waals surface area contributed by atoms with Crippen molar-refractivity contribution in [1.29, 1.82) is 0 Å². The van der Waals surface area contributed by atoms with Gasteiger partial charge in [0.25, 0.3) is 0 Å². The fourth-order valence-electron chi connectivity index (χ4n) is 2.07. The zero-order valence-electron chi connectivity index (χ0n) is 11.1. The zero-order valence-corrected chi connectivity index (χ0v) is 11.9. The molecule has 1 saturated heterocycles. The van der Waals surface area contributed by atoms with E-state index in [1.165, 1.54) is 4.31 Å². The Hall–Kier alpha value is -0.880. The molecular weight excluding hydrogens is 252 g/mol. The molecule has 1 N–H and O–H groups in total. The van der Waals surface area contributed by atoms with Crippen molar-refractivity contribution in [2.45, 2.75) is 39.2 Å². The standard InChI is InChI=1S/C12H22N2O3S/c1-4-8-18(16,17)14-7-5-6-11(14)12(15)13-9-10(2)3/h11H,2,4-9H2,1,3H3,(H,13,15). The Kier molecular flexibility index (Phi) is 5.34. The van der Waals surface area contributed by atoms with Gasteiger partial charge in [0.05, 0.1) is 5.75 Å². The number of nitrogens with zero attached hydrogens (tertiary/aromatic N) is 1. The molecule has 0 aromatic heterocycles. The van der Waals surface area contributed by atoms with Crippen LogP contribution in [0.4, 0.5) is 0 Å². The lowest BCUT2D eigenvalue weighted by molar-refractivity contribution is -0.124. The number of carbonyl (C=O) groups is 1. The van der Waals surface area contributed by atoms with E-state index in [0.717, 1.165) is 12.0 Å². The second-order valence-corrected chi connectivity index (χ2v) is 6.80. The molecule has 0 saturated carbocycles. The topological polar surface area (TPSA) is 66.5 Å². The van der Waals surface area contributed by atoms with Gasteiger partial charge >= 0.3 is 0 Å². The summed E-state index contributed by atoms with van der Waals surface area (Å²) in [6.07, 6.45) is 1.91. The summed E-state index contributed by atoms with van der Waals surface area (Å²) >= 11 is 0. The predicted octanol–water partition coefficient (Wildman–Crippen LogP) is 0.883. The Balaban J connectivity index is 2.70. The molecule has 1 aliphatic rings. The van der Waals surface area contributed by atoms with Crippen LogP contribution in [0.2, 0.25) is 0 Å². The Morgan fingerprint density at radius 3 is 2.72 bits per heavy atom. The molecule has 1 heterocycles. The van der Waals surface area contributed by atoms with Gasteiger partial charge in [0.15, 0.2) is 0 Å². The van der Waals surface area contributed by atoms with Crippen LogP contribution in [0.25, 0.3) is 0 Å². The molecule has 18 heavy (non-hydrogen) atoms. The van der Waals surface area contributed by atoms with E-state index in [2.05, 4.69) is 11.9 Å². The summed E-state index contributed by atoms with van der Waals surface area (Å²) in [4.78, 5) is 12.0. The van der Waals surface area contributed by atoms with Crippen molar-refractivity contribution >= 4 is 15.9 Å². The van der Waals surface area contributed by atoms with E-state index in [0.29, 0.717) is 25.9 Å². The van der Waals surface area contributed by atoms with Crippen LogP contribution >= 0.6 is 0 Å². The van der Waals surface area contributed by atoms with Gasteiger partial charge in [-0.15, -0.1) is 0 Å². The zero-order chi connectivity index (χ0) is 13.8. The Bertz CT molecular complexity index is 417. The van der Waals surface area contributed by atoms with Crippen molar-refractivity contribution < 1.29 is 13.2 Å². The van der Waals surface area contributed by atoms with Crippen LogP contribution < -0.4 is 5.32 Å². The molecule has 0 spiro atoms. The van der Waals surface area contributed by atoms with Gasteiger partial charge in [-0.1, -0.05) is 19.1 Å². The molecule has 1 fully saturated rings. The van der Waals surface area contributed by atoms with Crippen molar-refractivity contribution in [3.8, 4) is 0 Å². The molecule has 0 aromatic rings. The first-order valence-electron chi connectivity index (χ1n) is 6.30. The van der Waals surface area contributed by atoms with Gasteiger partial charge in [-0.2, -0.15) is 4.31 Å². The maximum Gasteiger partial charge on any atom is 0.238 e. The Morgan fingerprint density at radius 1 is 1.50 bits per heavy atom. The molecule has 1 atom stereocenters. The highest BCUT2D eigenvalue weighted by Gasteiger charge is 2.37. The highest BCUT2D eigenvalue weighted by Crippen LogP contribution is 2.21. The van der Waals surface area contributed by atoms with E-state index in [1.807, 2.05) is 13.8 Å². The molecule has 1 aliphatic heterocycles. The first-order valence-corrected chi connectivity index (χ1v) is 7.91. The van der Waals surface area contributed by atoms with E-state index in [4.69, 9.17) is 0 Å². The Labute approximate surface area is 109 Å². The van der Waals surface area contributed by atoms with Gasteiger partial charge in [0.1, 0.15) is 6.04 Å². The molecule has 0 aromatic carbocycles. The van der Waals surface area contributed by atoms with Gasteiger partial charge in [-0.3, -0.25) is 4.79 Å². The minimum absolute atomic E-state index is 0.108. The first-order chi connectivity index (χ1) is 8.38. The maximum atomic E-state index is 12.0. The minimum Gasteiger partial charge on any atom is -0.351 e. The number of nitrogens with one attached hydrogen (secondary N) is 1. The minimum atomic E-state index is -3.29. The monoisotopic (exact) mass is 274 g/mol. The molecule has 0 aliphatic carbocycles. The van der Waals surface area contributed by atoms with Crippen LogP contribution in [0.3, 0.4) is 0 Å². The summed E-state index contributed by atoms with van der Waals surface area (Å²) in [6, 6.07) is -0.541. The number of rotatable bonds is 6. The van der Waals surface area contributed by atoms with E-state index < -0.39 is 16.1 Å². The van der Waals surface area contributed by atoms with E-state index in [1.54, 1.807) is 0 Å². The molecule has 1 rings (SSSR count). The van der Waals surface area contributed by atoms with Crippen molar-refractivity contribution in [3.05, 3.63) is 12.2 Å². The normalized spacial score (nSPS) is 20.9. The van der Waals surface area contributed by atoms with E-state index >= 15 is 0 Å². The summed E-state index contributed by atoms with van der Waals surface area (Å²) in [7, 11) is -3.29. The average molecular weight is 274 g/mol. The van der Waals surface area contributed by atoms with Crippen LogP contribution in [0.1, 0.15) is 33.1 Å². The van der Waals surface area contributed by atoms with Crippen LogP contribution in [0, 0.1) is 0 Å². The van der Waals surface area contributed by atoms with Crippen LogP contribution in [-0.2, 0) is 14.8 Å². The second kappa shape index (κ2) is 6.33. The van der Waals surface area contributed by atoms with Gasteiger partial charge in [0, 0.05) is 13.1 Å². The van der Waals surface area contributed by atoms with Crippen molar-refractivity contribution in [3.63, 3.8) is 0 Å². The van der Waals surface area contributed by atoms with Crippen molar-refractivity contribution in [1.82, 2.24) is 9.62 Å². The molecule has 0 bridgehead atoms. The number of carbonyl (C=O) groups excluding carboxylic acids is 1. The third-order valence-electron chi connectivity index (χ3n) is 2.89. The predicted molar refractivity (Wildman–Crippen MR) is 71.6 cm³/mol. The molecule has 0 radical (unpaired) electrons. The summed E-state index contributed by atoms with van der Waals surface area (Å²) in [5.74, 6) is -0.104.